The van der Waals surface area contributed by atoms with Crippen molar-refractivity contribution < 1.29 is 14.0 Å². The van der Waals surface area contributed by atoms with Crippen LogP contribution in [-0.2, 0) is 13.0 Å². The Hall–Kier alpha value is -1.75. The van der Waals surface area contributed by atoms with E-state index >= 15 is 0 Å². The second-order valence-electron chi connectivity index (χ2n) is 3.03. The van der Waals surface area contributed by atoms with Gasteiger partial charge in [-0.3, -0.25) is 0 Å². The Morgan fingerprint density at radius 1 is 1.33 bits per heavy atom. The molecule has 0 radical (unpaired) electrons. The first-order valence-electron chi connectivity index (χ1n) is 4.45. The maximum absolute atomic E-state index is 13.2. The van der Waals surface area contributed by atoms with Crippen LogP contribution < -0.4 is 0 Å². The molecule has 15 heavy (non-hydrogen) atoms. The molecule has 0 bridgehead atoms. The van der Waals surface area contributed by atoms with Crippen LogP contribution in [0, 0.1) is 5.82 Å². The smallest absolute Gasteiger partial charge is 0.231 e. The molecule has 0 saturated heterocycles. The fraction of sp³-hybridized carbons (Fsp3) is 0.200. The number of rotatable bonds is 3. The van der Waals surface area contributed by atoms with Crippen LogP contribution in [0.5, 0.6) is 0 Å². The molecular weight excluding hydrogens is 199 g/mol. The molecule has 2 aromatic rings. The minimum Gasteiger partial charge on any atom is -0.388 e. The van der Waals surface area contributed by atoms with Crippen molar-refractivity contribution in [3.63, 3.8) is 0 Å². The summed E-state index contributed by atoms with van der Waals surface area (Å²) < 4.78 is 18.1. The summed E-state index contributed by atoms with van der Waals surface area (Å²) in [7, 11) is 0. The van der Waals surface area contributed by atoms with E-state index in [0.717, 1.165) is 0 Å². The Bertz CT molecular complexity index is 456. The van der Waals surface area contributed by atoms with Crippen molar-refractivity contribution in [1.29, 1.82) is 0 Å². The lowest BCUT2D eigenvalue weighted by Crippen LogP contribution is -1.93. The molecule has 0 spiro atoms. The van der Waals surface area contributed by atoms with Gasteiger partial charge in [0.25, 0.3) is 0 Å². The van der Waals surface area contributed by atoms with Crippen LogP contribution >= 0.6 is 0 Å². The second-order valence-corrected chi connectivity index (χ2v) is 3.03. The van der Waals surface area contributed by atoms with Gasteiger partial charge in [0, 0.05) is 0 Å². The molecule has 0 atom stereocenters. The molecule has 0 aliphatic carbocycles. The molecule has 4 nitrogen and oxygen atoms in total. The zero-order chi connectivity index (χ0) is 10.7. The van der Waals surface area contributed by atoms with Gasteiger partial charge >= 0.3 is 0 Å². The van der Waals surface area contributed by atoms with Crippen LogP contribution in [0.3, 0.4) is 0 Å². The summed E-state index contributed by atoms with van der Waals surface area (Å²) >= 11 is 0. The first-order valence-corrected chi connectivity index (χ1v) is 4.45. The molecule has 0 aliphatic rings. The normalized spacial score (nSPS) is 10.5. The molecule has 0 aliphatic heterocycles. The van der Waals surface area contributed by atoms with E-state index in [-0.39, 0.29) is 24.7 Å². The molecule has 5 heteroatoms. The van der Waals surface area contributed by atoms with Gasteiger partial charge in [-0.05, 0) is 11.6 Å². The summed E-state index contributed by atoms with van der Waals surface area (Å²) in [5.41, 5.74) is 0.491. The molecule has 1 heterocycles. The van der Waals surface area contributed by atoms with Crippen molar-refractivity contribution in [3.05, 3.63) is 47.4 Å². The Balaban J connectivity index is 2.18. The SMILES string of the molecule is OCc1noc(Cc2ccccc2F)n1. The van der Waals surface area contributed by atoms with E-state index in [1.54, 1.807) is 18.2 Å². The standard InChI is InChI=1S/C10H9FN2O2/c11-8-4-2-1-3-7(8)5-10-12-9(6-14)13-15-10/h1-4,14H,5-6H2. The third kappa shape index (κ3) is 2.19. The number of aliphatic hydroxyl groups excluding tert-OH is 1. The number of halogens is 1. The summed E-state index contributed by atoms with van der Waals surface area (Å²) in [5.74, 6) is 0.201. The fourth-order valence-electron chi connectivity index (χ4n) is 1.23. The molecule has 0 fully saturated rings. The lowest BCUT2D eigenvalue weighted by Gasteiger charge is -1.97. The van der Waals surface area contributed by atoms with E-state index in [0.29, 0.717) is 11.5 Å². The van der Waals surface area contributed by atoms with Gasteiger partial charge in [0.05, 0.1) is 6.42 Å². The Kier molecular flexibility index (Phi) is 2.73. The maximum atomic E-state index is 13.2. The van der Waals surface area contributed by atoms with Gasteiger partial charge in [-0.2, -0.15) is 4.98 Å². The highest BCUT2D eigenvalue weighted by Crippen LogP contribution is 2.11. The van der Waals surface area contributed by atoms with Gasteiger partial charge < -0.3 is 9.63 Å². The van der Waals surface area contributed by atoms with Gasteiger partial charge in [0.2, 0.25) is 5.89 Å². The molecule has 78 valence electrons. The van der Waals surface area contributed by atoms with Crippen LogP contribution in [0.2, 0.25) is 0 Å². The van der Waals surface area contributed by atoms with Gasteiger partial charge in [-0.15, -0.1) is 0 Å². The average molecular weight is 208 g/mol. The lowest BCUT2D eigenvalue weighted by molar-refractivity contribution is 0.263. The number of hydrogen-bond acceptors (Lipinski definition) is 4. The summed E-state index contributed by atoms with van der Waals surface area (Å²) in [6.45, 7) is -0.277. The van der Waals surface area contributed by atoms with E-state index in [1.807, 2.05) is 0 Å². The first kappa shape index (κ1) is 9.79. The summed E-state index contributed by atoms with van der Waals surface area (Å²) in [6, 6.07) is 6.38. The van der Waals surface area contributed by atoms with Crippen molar-refractivity contribution in [1.82, 2.24) is 10.1 Å². The predicted octanol–water partition coefficient (Wildman–Crippen LogP) is 1.29. The number of hydrogen-bond donors (Lipinski definition) is 1. The second kappa shape index (κ2) is 4.18. The largest absolute Gasteiger partial charge is 0.388 e. The molecule has 0 unspecified atom stereocenters. The number of benzene rings is 1. The molecular formula is C10H9FN2O2. The van der Waals surface area contributed by atoms with E-state index < -0.39 is 0 Å². The van der Waals surface area contributed by atoms with Crippen molar-refractivity contribution in [3.8, 4) is 0 Å². The summed E-state index contributed by atoms with van der Waals surface area (Å²) in [5, 5.41) is 12.2. The van der Waals surface area contributed by atoms with Crippen LogP contribution in [-0.4, -0.2) is 15.2 Å². The van der Waals surface area contributed by atoms with Gasteiger partial charge in [-0.1, -0.05) is 23.4 Å². The van der Waals surface area contributed by atoms with Crippen molar-refractivity contribution in [2.24, 2.45) is 0 Å². The van der Waals surface area contributed by atoms with Crippen molar-refractivity contribution in [2.75, 3.05) is 0 Å². The van der Waals surface area contributed by atoms with Crippen LogP contribution in [0.1, 0.15) is 17.3 Å². The molecule has 2 rings (SSSR count). The highest BCUT2D eigenvalue weighted by atomic mass is 19.1. The van der Waals surface area contributed by atoms with E-state index in [1.165, 1.54) is 6.07 Å². The van der Waals surface area contributed by atoms with E-state index in [2.05, 4.69) is 10.1 Å². The quantitative estimate of drug-likeness (QED) is 0.825. The van der Waals surface area contributed by atoms with Crippen molar-refractivity contribution in [2.45, 2.75) is 13.0 Å². The molecule has 1 N–H and O–H groups in total. The zero-order valence-corrected chi connectivity index (χ0v) is 7.85. The minimum atomic E-state index is -0.304. The number of aromatic nitrogens is 2. The third-order valence-electron chi connectivity index (χ3n) is 1.95. The number of aliphatic hydroxyl groups is 1. The topological polar surface area (TPSA) is 59.2 Å². The highest BCUT2D eigenvalue weighted by Gasteiger charge is 2.08. The molecule has 0 saturated carbocycles. The van der Waals surface area contributed by atoms with Crippen LogP contribution in [0.4, 0.5) is 4.39 Å². The average Bonchev–Trinajstić information content (AvgIpc) is 2.69. The predicted molar refractivity (Wildman–Crippen MR) is 49.4 cm³/mol. The third-order valence-corrected chi connectivity index (χ3v) is 1.95. The monoisotopic (exact) mass is 208 g/mol. The Morgan fingerprint density at radius 2 is 2.13 bits per heavy atom. The zero-order valence-electron chi connectivity index (χ0n) is 7.85. The van der Waals surface area contributed by atoms with E-state index in [4.69, 9.17) is 9.63 Å². The molecule has 1 aromatic heterocycles. The Labute approximate surface area is 85.4 Å². The lowest BCUT2D eigenvalue weighted by atomic mass is 10.1. The van der Waals surface area contributed by atoms with Crippen LogP contribution in [0.15, 0.2) is 28.8 Å². The summed E-state index contributed by atoms with van der Waals surface area (Å²) in [6.07, 6.45) is 0.236. The van der Waals surface area contributed by atoms with Gasteiger partial charge in [0.1, 0.15) is 12.4 Å². The van der Waals surface area contributed by atoms with Crippen molar-refractivity contribution >= 4 is 0 Å². The summed E-state index contributed by atoms with van der Waals surface area (Å²) in [4.78, 5) is 3.87. The Morgan fingerprint density at radius 3 is 2.80 bits per heavy atom. The highest BCUT2D eigenvalue weighted by molar-refractivity contribution is 5.20. The minimum absolute atomic E-state index is 0.210. The number of nitrogens with zero attached hydrogens (tertiary/aromatic N) is 2. The van der Waals surface area contributed by atoms with Gasteiger partial charge in [-0.25, -0.2) is 4.39 Å². The molecule has 1 aromatic carbocycles. The molecule has 0 amide bonds. The van der Waals surface area contributed by atoms with E-state index in [9.17, 15) is 4.39 Å². The first-order chi connectivity index (χ1) is 7.29. The van der Waals surface area contributed by atoms with Crippen LogP contribution in [0.25, 0.3) is 0 Å². The maximum Gasteiger partial charge on any atom is 0.231 e. The fourth-order valence-corrected chi connectivity index (χ4v) is 1.23. The van der Waals surface area contributed by atoms with Gasteiger partial charge in [0.15, 0.2) is 5.82 Å².